The van der Waals surface area contributed by atoms with Gasteiger partial charge in [-0.1, -0.05) is 142 Å². The van der Waals surface area contributed by atoms with Gasteiger partial charge in [0.25, 0.3) is 0 Å². The summed E-state index contributed by atoms with van der Waals surface area (Å²) in [7, 11) is 0. The number of pyridine rings is 1. The molecule has 0 radical (unpaired) electrons. The number of nitrogens with zero attached hydrogens (tertiary/aromatic N) is 2. The van der Waals surface area contributed by atoms with Crippen molar-refractivity contribution in [3.63, 3.8) is 0 Å². The average molecular weight is 687 g/mol. The molecule has 9 rings (SSSR count). The number of hydrogen-bond acceptors (Lipinski definition) is 3. The maximum absolute atomic E-state index is 5.46. The maximum Gasteiger partial charge on any atom is 0.0966 e. The second-order valence-electron chi connectivity index (χ2n) is 13.7. The molecule has 2 aromatic heterocycles. The molecule has 0 amide bonds. The molecule has 0 bridgehead atoms. The third kappa shape index (κ3) is 5.49. The summed E-state index contributed by atoms with van der Waals surface area (Å²) < 4.78 is 1.31. The largest absolute Gasteiger partial charge is 0.246 e. The topological polar surface area (TPSA) is 25.2 Å². The van der Waals surface area contributed by atoms with Gasteiger partial charge in [-0.2, -0.15) is 0 Å². The summed E-state index contributed by atoms with van der Waals surface area (Å²) in [6.07, 6.45) is 6.62. The summed E-state index contributed by atoms with van der Waals surface area (Å²) in [5.41, 5.74) is 10.1. The van der Waals surface area contributed by atoms with Crippen LogP contribution < -0.4 is 5.22 Å². The lowest BCUT2D eigenvalue weighted by Crippen LogP contribution is -2.09. The Kier molecular flexibility index (Phi) is 8.22. The van der Waals surface area contributed by atoms with E-state index in [0.29, 0.717) is 5.92 Å². The highest BCUT2D eigenvalue weighted by molar-refractivity contribution is 7.21. The third-order valence-corrected chi connectivity index (χ3v) is 11.8. The predicted molar refractivity (Wildman–Crippen MR) is 225 cm³/mol. The van der Waals surface area contributed by atoms with Crippen molar-refractivity contribution >= 4 is 71.6 Å². The van der Waals surface area contributed by atoms with E-state index in [-0.39, 0.29) is 0 Å². The van der Waals surface area contributed by atoms with Crippen LogP contribution in [0.4, 0.5) is 5.69 Å². The van der Waals surface area contributed by atoms with E-state index in [1.165, 1.54) is 58.4 Å². The number of hydrogen-bond donors (Lipinski definition) is 0. The van der Waals surface area contributed by atoms with E-state index in [1.807, 2.05) is 11.3 Å². The second-order valence-corrected chi connectivity index (χ2v) is 14.7. The molecule has 0 unspecified atom stereocenters. The number of aromatic nitrogens is 1. The van der Waals surface area contributed by atoms with Crippen molar-refractivity contribution < 1.29 is 0 Å². The molecule has 250 valence electrons. The third-order valence-electron chi connectivity index (χ3n) is 10.6. The maximum atomic E-state index is 5.46. The normalized spacial score (nSPS) is 13.6. The minimum atomic E-state index is 0.368. The first kappa shape index (κ1) is 32.0. The first-order valence-corrected chi connectivity index (χ1v) is 19.0. The van der Waals surface area contributed by atoms with Crippen molar-refractivity contribution in [3.05, 3.63) is 185 Å². The molecule has 0 spiro atoms. The quantitative estimate of drug-likeness (QED) is 0.115. The van der Waals surface area contributed by atoms with E-state index < -0.39 is 0 Å². The second kappa shape index (κ2) is 13.3. The van der Waals surface area contributed by atoms with Crippen LogP contribution in [0.25, 0.3) is 60.0 Å². The number of rotatable bonds is 8. The summed E-state index contributed by atoms with van der Waals surface area (Å²) >= 11 is 1.87. The lowest BCUT2D eigenvalue weighted by molar-refractivity contribution is 0.734. The van der Waals surface area contributed by atoms with Crippen molar-refractivity contribution in [2.75, 3.05) is 0 Å². The van der Waals surface area contributed by atoms with Gasteiger partial charge in [0.2, 0.25) is 0 Å². The first-order valence-electron chi connectivity index (χ1n) is 18.2. The Bertz CT molecular complexity index is 2780. The minimum absolute atomic E-state index is 0.368. The number of allylic oxidation sites excluding steroid dienone is 2. The fraction of sp³-hybridized carbons (Fsp3) is 0.102. The van der Waals surface area contributed by atoms with Gasteiger partial charge in [0.05, 0.1) is 22.8 Å². The molecule has 0 saturated heterocycles. The van der Waals surface area contributed by atoms with Crippen LogP contribution in [0.15, 0.2) is 157 Å². The first-order chi connectivity index (χ1) is 25.6. The van der Waals surface area contributed by atoms with Gasteiger partial charge in [-0.25, -0.2) is 9.98 Å². The van der Waals surface area contributed by atoms with Crippen LogP contribution in [0.3, 0.4) is 0 Å². The molecule has 1 aliphatic carbocycles. The van der Waals surface area contributed by atoms with E-state index in [4.69, 9.17) is 16.6 Å². The molecule has 0 fully saturated rings. The molecular formula is C49H38N2S. The highest BCUT2D eigenvalue weighted by Crippen LogP contribution is 2.43. The summed E-state index contributed by atoms with van der Waals surface area (Å²) in [6.45, 7) is 9.21. The van der Waals surface area contributed by atoms with Crippen LogP contribution in [-0.2, 0) is 0 Å². The molecule has 52 heavy (non-hydrogen) atoms. The number of aliphatic imine (C=N–C) groups is 1. The number of fused-ring (bicyclic) bond motifs is 3. The Morgan fingerprint density at radius 2 is 1.46 bits per heavy atom. The Balaban J connectivity index is 1.22. The highest BCUT2D eigenvalue weighted by Gasteiger charge is 2.23. The molecule has 1 atom stereocenters. The zero-order chi connectivity index (χ0) is 35.2. The number of thiophene rings is 1. The van der Waals surface area contributed by atoms with Crippen LogP contribution >= 0.6 is 11.3 Å². The Morgan fingerprint density at radius 3 is 2.33 bits per heavy atom. The van der Waals surface area contributed by atoms with Crippen LogP contribution in [0, 0.1) is 0 Å². The molecule has 6 aromatic carbocycles. The summed E-state index contributed by atoms with van der Waals surface area (Å²) in [4.78, 5) is 12.2. The molecule has 0 N–H and O–H groups in total. The zero-order valence-electron chi connectivity index (χ0n) is 29.4. The Hall–Kier alpha value is -5.90. The van der Waals surface area contributed by atoms with Gasteiger partial charge in [0.15, 0.2) is 0 Å². The van der Waals surface area contributed by atoms with Gasteiger partial charge < -0.3 is 0 Å². The van der Waals surface area contributed by atoms with Gasteiger partial charge in [-0.3, -0.25) is 0 Å². The molecule has 3 heteroatoms. The van der Waals surface area contributed by atoms with E-state index in [0.717, 1.165) is 52.3 Å². The molecule has 2 heterocycles. The summed E-state index contributed by atoms with van der Waals surface area (Å²) in [5.74, 6) is 0.368. The van der Waals surface area contributed by atoms with Crippen molar-refractivity contribution in [3.8, 4) is 11.1 Å². The van der Waals surface area contributed by atoms with Crippen LogP contribution in [0.1, 0.15) is 60.0 Å². The molecule has 0 aliphatic heterocycles. The molecule has 2 nitrogen and oxygen atoms in total. The van der Waals surface area contributed by atoms with Crippen LogP contribution in [-0.4, -0.2) is 10.7 Å². The minimum Gasteiger partial charge on any atom is -0.246 e. The van der Waals surface area contributed by atoms with Gasteiger partial charge in [0.1, 0.15) is 0 Å². The monoisotopic (exact) mass is 686 g/mol. The van der Waals surface area contributed by atoms with Crippen molar-refractivity contribution in [2.24, 2.45) is 4.99 Å². The van der Waals surface area contributed by atoms with E-state index in [9.17, 15) is 0 Å². The van der Waals surface area contributed by atoms with Crippen molar-refractivity contribution in [1.82, 2.24) is 4.98 Å². The highest BCUT2D eigenvalue weighted by atomic mass is 32.1. The number of benzene rings is 6. The fourth-order valence-corrected chi connectivity index (χ4v) is 9.02. The summed E-state index contributed by atoms with van der Waals surface area (Å²) in [6, 6.07) is 49.6. The number of para-hydroxylation sites is 1. The van der Waals surface area contributed by atoms with Crippen LogP contribution in [0.5, 0.6) is 0 Å². The zero-order valence-corrected chi connectivity index (χ0v) is 30.3. The van der Waals surface area contributed by atoms with E-state index in [1.54, 1.807) is 0 Å². The standard InChI is InChI=1S/C49H38N2S/c1-4-31(2)36-20-10-11-26-42(36)51-48(32(3)34-18-12-19-35(30-34)33-16-6-5-7-17-33)44-28-15-27-43(50-44)41-25-13-23-40-38-22-9-8-21-37(38)39-24-14-29-45-46(39)47(40)49(41)52-45/h5-12,14-31H,3-4,13H2,1-2H3/t31-/m1/s1. The van der Waals surface area contributed by atoms with Gasteiger partial charge >= 0.3 is 0 Å². The smallest absolute Gasteiger partial charge is 0.0966 e. The van der Waals surface area contributed by atoms with Crippen molar-refractivity contribution in [1.29, 1.82) is 0 Å². The predicted octanol–water partition coefficient (Wildman–Crippen LogP) is 13.0. The van der Waals surface area contributed by atoms with E-state index >= 15 is 0 Å². The average Bonchev–Trinajstić information content (AvgIpc) is 3.49. The Labute approximate surface area is 308 Å². The lowest BCUT2D eigenvalue weighted by atomic mass is 9.94. The van der Waals surface area contributed by atoms with Crippen molar-refractivity contribution in [2.45, 2.75) is 32.6 Å². The fourth-order valence-electron chi connectivity index (χ4n) is 7.72. The van der Waals surface area contributed by atoms with Gasteiger partial charge in [0, 0.05) is 31.5 Å². The SMILES string of the molecule is C=C(C(=Nc1ccccc1[C@H](C)CC)c1cccc(C2=CCC=c3c4ccccc4c4cccc5sc2c3c54)n1)c1cccc(-c2ccccc2)c1. The van der Waals surface area contributed by atoms with Crippen LogP contribution in [0.2, 0.25) is 0 Å². The molecule has 1 aliphatic rings. The lowest BCUT2D eigenvalue weighted by Gasteiger charge is -2.16. The molecular weight excluding hydrogens is 649 g/mol. The molecule has 8 aromatic rings. The molecule has 0 saturated carbocycles. The summed E-state index contributed by atoms with van der Waals surface area (Å²) in [5, 5.41) is 7.95. The van der Waals surface area contributed by atoms with Gasteiger partial charge in [-0.15, -0.1) is 11.3 Å². The van der Waals surface area contributed by atoms with E-state index in [2.05, 4.69) is 166 Å². The van der Waals surface area contributed by atoms with Gasteiger partial charge in [-0.05, 0) is 92.7 Å². The Morgan fingerprint density at radius 1 is 0.731 bits per heavy atom.